The number of amides is 4. The molecule has 1 N–H and O–H groups in total. The highest BCUT2D eigenvalue weighted by molar-refractivity contribution is 5.95. The molecule has 1 atom stereocenters. The highest BCUT2D eigenvalue weighted by Gasteiger charge is 2.34. The van der Waals surface area contributed by atoms with E-state index in [0.29, 0.717) is 26.2 Å². The molecule has 0 bridgehead atoms. The van der Waals surface area contributed by atoms with Crippen molar-refractivity contribution in [3.05, 3.63) is 35.6 Å². The van der Waals surface area contributed by atoms with Gasteiger partial charge in [-0.05, 0) is 24.1 Å². The molecular weight excluding hydrogens is 261 g/mol. The Bertz CT molecular complexity index is 549. The van der Waals surface area contributed by atoms with Crippen LogP contribution >= 0.6 is 0 Å². The minimum Gasteiger partial charge on any atom is -0.336 e. The smallest absolute Gasteiger partial charge is 0.328 e. The first-order chi connectivity index (χ1) is 9.65. The minimum atomic E-state index is -0.329. The normalized spacial score (nSPS) is 22.2. The van der Waals surface area contributed by atoms with E-state index in [1.165, 1.54) is 17.0 Å². The van der Waals surface area contributed by atoms with Crippen molar-refractivity contribution in [3.63, 3.8) is 0 Å². The number of nitrogens with one attached hydrogen (secondary N) is 1. The highest BCUT2D eigenvalue weighted by atomic mass is 19.1. The molecule has 4 amide bonds. The van der Waals surface area contributed by atoms with E-state index in [0.717, 1.165) is 12.0 Å². The van der Waals surface area contributed by atoms with Gasteiger partial charge in [-0.1, -0.05) is 12.1 Å². The Morgan fingerprint density at radius 1 is 1.35 bits per heavy atom. The number of imide groups is 1. The summed E-state index contributed by atoms with van der Waals surface area (Å²) in [5.41, 5.74) is 0.908. The molecule has 0 aliphatic carbocycles. The Balaban J connectivity index is 1.67. The predicted molar refractivity (Wildman–Crippen MR) is 70.8 cm³/mol. The molecule has 0 radical (unpaired) electrons. The standard InChI is InChI=1S/C14H16FN3O2/c15-12-3-1-2-10(8-12)11-4-6-17(9-11)14(20)18-7-5-16-13(18)19/h1-3,8,11H,4-7,9H2,(H,16,19)/t11-/m0/s1. The molecule has 0 aromatic heterocycles. The molecule has 106 valence electrons. The van der Waals surface area contributed by atoms with E-state index in [-0.39, 0.29) is 23.8 Å². The molecule has 1 aromatic carbocycles. The lowest BCUT2D eigenvalue weighted by molar-refractivity contribution is 0.172. The number of hydrogen-bond donors (Lipinski definition) is 1. The van der Waals surface area contributed by atoms with Crippen LogP contribution in [0.25, 0.3) is 0 Å². The fourth-order valence-electron chi connectivity index (χ4n) is 2.79. The summed E-state index contributed by atoms with van der Waals surface area (Å²) in [6.07, 6.45) is 0.796. The van der Waals surface area contributed by atoms with Crippen LogP contribution in [-0.2, 0) is 0 Å². The van der Waals surface area contributed by atoms with Crippen LogP contribution in [0.5, 0.6) is 0 Å². The molecule has 2 fully saturated rings. The maximum absolute atomic E-state index is 13.2. The molecule has 1 aromatic rings. The zero-order valence-electron chi connectivity index (χ0n) is 11.0. The molecule has 2 aliphatic heterocycles. The molecule has 0 saturated carbocycles. The molecule has 5 nitrogen and oxygen atoms in total. The molecule has 0 unspecified atom stereocenters. The second-order valence-electron chi connectivity index (χ2n) is 5.15. The summed E-state index contributed by atoms with van der Waals surface area (Å²) in [6, 6.07) is 5.91. The second-order valence-corrected chi connectivity index (χ2v) is 5.15. The van der Waals surface area contributed by atoms with E-state index in [9.17, 15) is 14.0 Å². The van der Waals surface area contributed by atoms with E-state index >= 15 is 0 Å². The monoisotopic (exact) mass is 277 g/mol. The minimum absolute atomic E-state index is 0.139. The first-order valence-electron chi connectivity index (χ1n) is 6.75. The quantitative estimate of drug-likeness (QED) is 0.850. The number of benzene rings is 1. The summed E-state index contributed by atoms with van der Waals surface area (Å²) in [5.74, 6) is -0.119. The van der Waals surface area contributed by atoms with Crippen LogP contribution in [0.4, 0.5) is 14.0 Å². The first kappa shape index (κ1) is 12.9. The lowest BCUT2D eigenvalue weighted by Gasteiger charge is -2.22. The van der Waals surface area contributed by atoms with Gasteiger partial charge in [0.05, 0.1) is 0 Å². The van der Waals surface area contributed by atoms with E-state index in [1.807, 2.05) is 6.07 Å². The van der Waals surface area contributed by atoms with Gasteiger partial charge in [0.15, 0.2) is 0 Å². The van der Waals surface area contributed by atoms with Gasteiger partial charge < -0.3 is 10.2 Å². The van der Waals surface area contributed by atoms with Gasteiger partial charge in [-0.2, -0.15) is 0 Å². The van der Waals surface area contributed by atoms with Gasteiger partial charge in [-0.3, -0.25) is 0 Å². The van der Waals surface area contributed by atoms with E-state index in [1.54, 1.807) is 11.0 Å². The van der Waals surface area contributed by atoms with Crippen molar-refractivity contribution < 1.29 is 14.0 Å². The van der Waals surface area contributed by atoms with Crippen LogP contribution < -0.4 is 5.32 Å². The van der Waals surface area contributed by atoms with Crippen molar-refractivity contribution in [1.82, 2.24) is 15.1 Å². The van der Waals surface area contributed by atoms with Crippen LogP contribution in [0.15, 0.2) is 24.3 Å². The van der Waals surface area contributed by atoms with Crippen molar-refractivity contribution in [3.8, 4) is 0 Å². The maximum Gasteiger partial charge on any atom is 0.328 e. The second kappa shape index (κ2) is 5.11. The van der Waals surface area contributed by atoms with Gasteiger partial charge in [0, 0.05) is 32.1 Å². The number of carbonyl (C=O) groups is 2. The van der Waals surface area contributed by atoms with Gasteiger partial charge in [-0.25, -0.2) is 18.9 Å². The summed E-state index contributed by atoms with van der Waals surface area (Å²) in [7, 11) is 0. The fourth-order valence-corrected chi connectivity index (χ4v) is 2.79. The molecule has 2 saturated heterocycles. The van der Waals surface area contributed by atoms with E-state index < -0.39 is 0 Å². The molecule has 0 spiro atoms. The molecule has 6 heteroatoms. The number of urea groups is 2. The third-order valence-corrected chi connectivity index (χ3v) is 3.87. The fraction of sp³-hybridized carbons (Fsp3) is 0.429. The third-order valence-electron chi connectivity index (χ3n) is 3.87. The van der Waals surface area contributed by atoms with E-state index in [4.69, 9.17) is 0 Å². The van der Waals surface area contributed by atoms with Crippen LogP contribution in [0.2, 0.25) is 0 Å². The van der Waals surface area contributed by atoms with Crippen LogP contribution in [0.3, 0.4) is 0 Å². The Kier molecular flexibility index (Phi) is 3.30. The summed E-state index contributed by atoms with van der Waals surface area (Å²) in [5, 5.41) is 2.61. The molecule has 2 aliphatic rings. The Hall–Kier alpha value is -2.11. The lowest BCUT2D eigenvalue weighted by atomic mass is 9.98. The van der Waals surface area contributed by atoms with Gasteiger partial charge >= 0.3 is 12.1 Å². The number of halogens is 1. The first-order valence-corrected chi connectivity index (χ1v) is 6.75. The van der Waals surface area contributed by atoms with Crippen LogP contribution in [-0.4, -0.2) is 48.0 Å². The number of hydrogen-bond acceptors (Lipinski definition) is 2. The average molecular weight is 277 g/mol. The third kappa shape index (κ3) is 2.33. The zero-order chi connectivity index (χ0) is 14.1. The van der Waals surface area contributed by atoms with Gasteiger partial charge in [0.1, 0.15) is 5.82 Å². The van der Waals surface area contributed by atoms with Crippen LogP contribution in [0.1, 0.15) is 17.9 Å². The topological polar surface area (TPSA) is 52.7 Å². The maximum atomic E-state index is 13.2. The largest absolute Gasteiger partial charge is 0.336 e. The zero-order valence-corrected chi connectivity index (χ0v) is 11.0. The molecule has 20 heavy (non-hydrogen) atoms. The lowest BCUT2D eigenvalue weighted by Crippen LogP contribution is -2.43. The van der Waals surface area contributed by atoms with Gasteiger partial charge in [0.25, 0.3) is 0 Å². The summed E-state index contributed by atoms with van der Waals surface area (Å²) >= 11 is 0. The van der Waals surface area contributed by atoms with Crippen LogP contribution in [0, 0.1) is 5.82 Å². The summed E-state index contributed by atoms with van der Waals surface area (Å²) < 4.78 is 13.2. The van der Waals surface area contributed by atoms with Crippen molar-refractivity contribution in [1.29, 1.82) is 0 Å². The van der Waals surface area contributed by atoms with Gasteiger partial charge in [0.2, 0.25) is 0 Å². The Labute approximate surface area is 116 Å². The molecule has 2 heterocycles. The number of nitrogens with zero attached hydrogens (tertiary/aromatic N) is 2. The summed E-state index contributed by atoms with van der Waals surface area (Å²) in [4.78, 5) is 26.6. The van der Waals surface area contributed by atoms with Gasteiger partial charge in [-0.15, -0.1) is 0 Å². The van der Waals surface area contributed by atoms with Crippen molar-refractivity contribution in [2.75, 3.05) is 26.2 Å². The Morgan fingerprint density at radius 3 is 2.90 bits per heavy atom. The average Bonchev–Trinajstić information content (AvgIpc) is 3.07. The predicted octanol–water partition coefficient (Wildman–Crippen LogP) is 1.76. The highest BCUT2D eigenvalue weighted by Crippen LogP contribution is 2.28. The Morgan fingerprint density at radius 2 is 2.20 bits per heavy atom. The van der Waals surface area contributed by atoms with Crippen molar-refractivity contribution in [2.24, 2.45) is 0 Å². The van der Waals surface area contributed by atoms with Crippen molar-refractivity contribution in [2.45, 2.75) is 12.3 Å². The van der Waals surface area contributed by atoms with E-state index in [2.05, 4.69) is 5.32 Å². The number of likely N-dealkylation sites (tertiary alicyclic amines) is 1. The van der Waals surface area contributed by atoms with Crippen molar-refractivity contribution >= 4 is 12.1 Å². The number of rotatable bonds is 1. The number of carbonyl (C=O) groups excluding carboxylic acids is 2. The molecule has 3 rings (SSSR count). The molecular formula is C14H16FN3O2. The summed E-state index contributed by atoms with van der Waals surface area (Å²) in [6.45, 7) is 2.06. The SMILES string of the molecule is O=C1NCCN1C(=O)N1CC[C@H](c2cccc(F)c2)C1.